The van der Waals surface area contributed by atoms with Crippen LogP contribution in [0.2, 0.25) is 0 Å². The van der Waals surface area contributed by atoms with Crippen LogP contribution in [0.4, 0.5) is 0 Å². The van der Waals surface area contributed by atoms with Crippen molar-refractivity contribution in [2.45, 2.75) is 45.6 Å². The maximum Gasteiger partial charge on any atom is 0.304 e. The summed E-state index contributed by atoms with van der Waals surface area (Å²) in [6.07, 6.45) is 3.50. The van der Waals surface area contributed by atoms with Crippen LogP contribution in [0.15, 0.2) is 0 Å². The third kappa shape index (κ3) is 5.04. The van der Waals surface area contributed by atoms with Gasteiger partial charge in [0.1, 0.15) is 0 Å². The highest BCUT2D eigenvalue weighted by Crippen LogP contribution is 2.29. The normalized spacial score (nSPS) is 27.8. The quantitative estimate of drug-likeness (QED) is 0.619. The van der Waals surface area contributed by atoms with Crippen LogP contribution in [-0.4, -0.2) is 36.1 Å². The van der Waals surface area contributed by atoms with E-state index in [9.17, 15) is 9.59 Å². The van der Waals surface area contributed by atoms with Crippen molar-refractivity contribution < 1.29 is 14.7 Å². The molecule has 0 aromatic carbocycles. The van der Waals surface area contributed by atoms with Crippen molar-refractivity contribution in [2.75, 3.05) is 13.1 Å². The van der Waals surface area contributed by atoms with Crippen molar-refractivity contribution in [3.63, 3.8) is 0 Å². The molecule has 0 aromatic heterocycles. The van der Waals surface area contributed by atoms with E-state index in [1.165, 1.54) is 12.8 Å². The summed E-state index contributed by atoms with van der Waals surface area (Å²) in [5.41, 5.74) is 0. The van der Waals surface area contributed by atoms with Crippen LogP contribution in [-0.2, 0) is 9.59 Å². The summed E-state index contributed by atoms with van der Waals surface area (Å²) in [7, 11) is 0. The fourth-order valence-corrected chi connectivity index (χ4v) is 2.44. The Balaban J connectivity index is 2.20. The van der Waals surface area contributed by atoms with Crippen LogP contribution in [0.1, 0.15) is 39.5 Å². The summed E-state index contributed by atoms with van der Waals surface area (Å²) in [5, 5.41) is 14.3. The van der Waals surface area contributed by atoms with Crippen molar-refractivity contribution >= 4 is 11.9 Å². The Morgan fingerprint density at radius 2 is 2.00 bits per heavy atom. The summed E-state index contributed by atoms with van der Waals surface area (Å²) >= 11 is 0. The molecule has 104 valence electrons. The zero-order chi connectivity index (χ0) is 13.5. The second kappa shape index (κ2) is 7.36. The third-order valence-electron chi connectivity index (χ3n) is 3.85. The number of nitrogens with one attached hydrogen (secondary N) is 2. The molecule has 1 rings (SSSR count). The first kappa shape index (κ1) is 15.0. The molecule has 0 bridgehead atoms. The van der Waals surface area contributed by atoms with Gasteiger partial charge in [0.2, 0.25) is 5.91 Å². The van der Waals surface area contributed by atoms with E-state index >= 15 is 0 Å². The first-order valence-corrected chi connectivity index (χ1v) is 6.72. The van der Waals surface area contributed by atoms with Crippen LogP contribution < -0.4 is 10.6 Å². The molecule has 0 heterocycles. The summed E-state index contributed by atoms with van der Waals surface area (Å²) in [6, 6.07) is 0.266. The number of carboxylic acid groups (broad SMARTS) is 1. The minimum absolute atomic E-state index is 0.0358. The van der Waals surface area contributed by atoms with E-state index in [4.69, 9.17) is 5.11 Å². The van der Waals surface area contributed by atoms with Gasteiger partial charge >= 0.3 is 5.97 Å². The summed E-state index contributed by atoms with van der Waals surface area (Å²) in [6.45, 7) is 4.95. The highest BCUT2D eigenvalue weighted by molar-refractivity contribution is 5.78. The van der Waals surface area contributed by atoms with Crippen molar-refractivity contribution in [1.29, 1.82) is 0 Å². The van der Waals surface area contributed by atoms with E-state index in [1.807, 2.05) is 0 Å². The molecular weight excluding hydrogens is 232 g/mol. The number of rotatable bonds is 6. The lowest BCUT2D eigenvalue weighted by molar-refractivity contribution is -0.137. The molecule has 0 saturated heterocycles. The molecule has 1 aliphatic carbocycles. The Labute approximate surface area is 108 Å². The topological polar surface area (TPSA) is 78.4 Å². The van der Waals surface area contributed by atoms with Crippen LogP contribution in [0.3, 0.4) is 0 Å². The Bertz CT molecular complexity index is 294. The Kier molecular flexibility index (Phi) is 6.12. The predicted octanol–water partition coefficient (Wildman–Crippen LogP) is 0.992. The van der Waals surface area contributed by atoms with Gasteiger partial charge in [-0.15, -0.1) is 0 Å². The highest BCUT2D eigenvalue weighted by atomic mass is 16.4. The molecule has 3 N–H and O–H groups in total. The average molecular weight is 256 g/mol. The van der Waals surface area contributed by atoms with E-state index < -0.39 is 5.97 Å². The number of amides is 1. The monoisotopic (exact) mass is 256 g/mol. The summed E-state index contributed by atoms with van der Waals surface area (Å²) < 4.78 is 0. The van der Waals surface area contributed by atoms with Crippen LogP contribution >= 0.6 is 0 Å². The van der Waals surface area contributed by atoms with E-state index in [0.29, 0.717) is 18.4 Å². The number of carboxylic acids is 1. The smallest absolute Gasteiger partial charge is 0.304 e. The first-order chi connectivity index (χ1) is 8.50. The van der Waals surface area contributed by atoms with Crippen LogP contribution in [0.5, 0.6) is 0 Å². The third-order valence-corrected chi connectivity index (χ3v) is 3.85. The molecule has 0 radical (unpaired) electrons. The average Bonchev–Trinajstić information content (AvgIpc) is 2.30. The summed E-state index contributed by atoms with van der Waals surface area (Å²) in [4.78, 5) is 22.0. The Morgan fingerprint density at radius 1 is 1.28 bits per heavy atom. The van der Waals surface area contributed by atoms with E-state index in [2.05, 4.69) is 24.5 Å². The molecule has 1 saturated carbocycles. The second-order valence-electron chi connectivity index (χ2n) is 5.26. The molecule has 18 heavy (non-hydrogen) atoms. The molecule has 1 amide bonds. The first-order valence-electron chi connectivity index (χ1n) is 6.72. The van der Waals surface area contributed by atoms with Gasteiger partial charge in [-0.05, 0) is 18.3 Å². The molecule has 1 aliphatic rings. The summed E-state index contributed by atoms with van der Waals surface area (Å²) in [5.74, 6) is 0.287. The zero-order valence-corrected chi connectivity index (χ0v) is 11.2. The van der Waals surface area contributed by atoms with E-state index in [1.54, 1.807) is 0 Å². The van der Waals surface area contributed by atoms with E-state index in [-0.39, 0.29) is 24.9 Å². The van der Waals surface area contributed by atoms with Crippen molar-refractivity contribution in [3.8, 4) is 0 Å². The fourth-order valence-electron chi connectivity index (χ4n) is 2.44. The number of carbonyl (C=O) groups excluding carboxylic acids is 1. The maximum absolute atomic E-state index is 11.7. The largest absolute Gasteiger partial charge is 0.481 e. The SMILES string of the molecule is CC1CCCC(NC(=O)CNCCC(=O)O)C1C. The highest BCUT2D eigenvalue weighted by Gasteiger charge is 2.27. The molecule has 5 nitrogen and oxygen atoms in total. The lowest BCUT2D eigenvalue weighted by Gasteiger charge is -2.34. The molecule has 0 aliphatic heterocycles. The Morgan fingerprint density at radius 3 is 2.67 bits per heavy atom. The van der Waals surface area contributed by atoms with Gasteiger partial charge in [0.05, 0.1) is 13.0 Å². The van der Waals surface area contributed by atoms with Gasteiger partial charge in [0, 0.05) is 12.6 Å². The molecule has 0 spiro atoms. The molecule has 0 aromatic rings. The van der Waals surface area contributed by atoms with Gasteiger partial charge in [-0.1, -0.05) is 26.7 Å². The molecule has 1 fully saturated rings. The number of carbonyl (C=O) groups is 2. The number of hydrogen-bond donors (Lipinski definition) is 3. The second-order valence-corrected chi connectivity index (χ2v) is 5.26. The van der Waals surface area contributed by atoms with Gasteiger partial charge < -0.3 is 15.7 Å². The van der Waals surface area contributed by atoms with E-state index in [0.717, 1.165) is 6.42 Å². The molecular formula is C13H24N2O3. The fraction of sp³-hybridized carbons (Fsp3) is 0.846. The van der Waals surface area contributed by atoms with Crippen LogP contribution in [0.25, 0.3) is 0 Å². The predicted molar refractivity (Wildman–Crippen MR) is 69.2 cm³/mol. The molecule has 3 atom stereocenters. The standard InChI is InChI=1S/C13H24N2O3/c1-9-4-3-5-11(10(9)2)15-12(16)8-14-7-6-13(17)18/h9-11,14H,3-8H2,1-2H3,(H,15,16)(H,17,18). The van der Waals surface area contributed by atoms with Crippen molar-refractivity contribution in [2.24, 2.45) is 11.8 Å². The number of aliphatic carboxylic acids is 1. The lowest BCUT2D eigenvalue weighted by atomic mass is 9.78. The maximum atomic E-state index is 11.7. The minimum Gasteiger partial charge on any atom is -0.481 e. The van der Waals surface area contributed by atoms with Gasteiger partial charge in [-0.25, -0.2) is 0 Å². The zero-order valence-electron chi connectivity index (χ0n) is 11.2. The van der Waals surface area contributed by atoms with Crippen molar-refractivity contribution in [1.82, 2.24) is 10.6 Å². The van der Waals surface area contributed by atoms with Gasteiger partial charge in [-0.3, -0.25) is 9.59 Å². The van der Waals surface area contributed by atoms with Gasteiger partial charge in [-0.2, -0.15) is 0 Å². The van der Waals surface area contributed by atoms with Gasteiger partial charge in [0.15, 0.2) is 0 Å². The van der Waals surface area contributed by atoms with Crippen molar-refractivity contribution in [3.05, 3.63) is 0 Å². The lowest BCUT2D eigenvalue weighted by Crippen LogP contribution is -2.46. The minimum atomic E-state index is -0.849. The number of hydrogen-bond acceptors (Lipinski definition) is 3. The van der Waals surface area contributed by atoms with Gasteiger partial charge in [0.25, 0.3) is 0 Å². The Hall–Kier alpha value is -1.10. The van der Waals surface area contributed by atoms with Crippen LogP contribution in [0, 0.1) is 11.8 Å². The molecule has 3 unspecified atom stereocenters. The molecule has 5 heteroatoms.